The molecule has 0 aromatic heterocycles. The molecule has 11 heavy (non-hydrogen) atoms. The summed E-state index contributed by atoms with van der Waals surface area (Å²) in [6.45, 7) is 7.25. The Hall–Kier alpha value is 0. The molecule has 0 unspecified atom stereocenters. The first-order valence-corrected chi connectivity index (χ1v) is 5.07. The lowest BCUT2D eigenvalue weighted by molar-refractivity contribution is 0.161. The Morgan fingerprint density at radius 1 is 1.00 bits per heavy atom. The van der Waals surface area contributed by atoms with Gasteiger partial charge < -0.3 is 0 Å². The fourth-order valence-electron chi connectivity index (χ4n) is 3.31. The molecule has 2 bridgehead atoms. The van der Waals surface area contributed by atoms with E-state index in [4.69, 9.17) is 0 Å². The zero-order chi connectivity index (χ0) is 8.06. The Kier molecular flexibility index (Phi) is 1.56. The maximum atomic E-state index is 2.42. The molecular formula is C11H20. The van der Waals surface area contributed by atoms with Gasteiger partial charge in [-0.15, -0.1) is 0 Å². The predicted molar refractivity (Wildman–Crippen MR) is 48.4 cm³/mol. The fraction of sp³-hybridized carbons (Fsp3) is 1.00. The molecule has 0 heterocycles. The van der Waals surface area contributed by atoms with Crippen LogP contribution in [0.4, 0.5) is 0 Å². The van der Waals surface area contributed by atoms with Gasteiger partial charge in [0.1, 0.15) is 0 Å². The quantitative estimate of drug-likeness (QED) is 0.498. The summed E-state index contributed by atoms with van der Waals surface area (Å²) in [6.07, 6.45) is 6.17. The zero-order valence-corrected chi connectivity index (χ0v) is 8.06. The molecule has 3 atom stereocenters. The second-order valence-corrected chi connectivity index (χ2v) is 5.65. The van der Waals surface area contributed by atoms with Crippen molar-refractivity contribution in [1.29, 1.82) is 0 Å². The summed E-state index contributed by atoms with van der Waals surface area (Å²) in [5.41, 5.74) is 0.583. The monoisotopic (exact) mass is 152 g/mol. The van der Waals surface area contributed by atoms with E-state index in [1.54, 1.807) is 6.42 Å². The Balaban J connectivity index is 2.08. The lowest BCUT2D eigenvalue weighted by atomic mass is 9.72. The lowest BCUT2D eigenvalue weighted by Gasteiger charge is -2.34. The minimum atomic E-state index is 0.583. The highest BCUT2D eigenvalue weighted by Crippen LogP contribution is 2.54. The maximum Gasteiger partial charge on any atom is -0.0334 e. The van der Waals surface area contributed by atoms with Crippen LogP contribution in [0.1, 0.15) is 46.5 Å². The van der Waals surface area contributed by atoms with Crippen LogP contribution in [0.2, 0.25) is 0 Å². The van der Waals surface area contributed by atoms with Gasteiger partial charge in [0, 0.05) is 0 Å². The Morgan fingerprint density at radius 2 is 1.73 bits per heavy atom. The first-order valence-electron chi connectivity index (χ1n) is 5.07. The summed E-state index contributed by atoms with van der Waals surface area (Å²) in [6, 6.07) is 0. The van der Waals surface area contributed by atoms with Crippen LogP contribution in [-0.2, 0) is 0 Å². The predicted octanol–water partition coefficient (Wildman–Crippen LogP) is 3.47. The van der Waals surface area contributed by atoms with E-state index in [9.17, 15) is 0 Å². The largest absolute Gasteiger partial charge is 0.0599 e. The van der Waals surface area contributed by atoms with Crippen molar-refractivity contribution < 1.29 is 0 Å². The Morgan fingerprint density at radius 3 is 2.00 bits per heavy atom. The Bertz CT molecular complexity index is 152. The van der Waals surface area contributed by atoms with Crippen LogP contribution < -0.4 is 0 Å². The topological polar surface area (TPSA) is 0 Å². The summed E-state index contributed by atoms with van der Waals surface area (Å²) in [5.74, 6) is 3.26. The second-order valence-electron chi connectivity index (χ2n) is 5.65. The molecule has 2 fully saturated rings. The fourth-order valence-corrected chi connectivity index (χ4v) is 3.31. The van der Waals surface area contributed by atoms with Gasteiger partial charge >= 0.3 is 0 Å². The van der Waals surface area contributed by atoms with Crippen LogP contribution in [-0.4, -0.2) is 0 Å². The molecular weight excluding hydrogens is 132 g/mol. The summed E-state index contributed by atoms with van der Waals surface area (Å²) in [7, 11) is 0. The molecule has 0 spiro atoms. The molecule has 2 rings (SSSR count). The summed E-state index contributed by atoms with van der Waals surface area (Å²) >= 11 is 0. The highest BCUT2D eigenvalue weighted by Gasteiger charge is 2.44. The molecule has 2 aliphatic rings. The molecule has 0 saturated heterocycles. The molecule has 0 radical (unpaired) electrons. The number of hydrogen-bond donors (Lipinski definition) is 0. The van der Waals surface area contributed by atoms with E-state index in [2.05, 4.69) is 20.8 Å². The van der Waals surface area contributed by atoms with Crippen molar-refractivity contribution in [3.63, 3.8) is 0 Å². The molecule has 0 N–H and O–H groups in total. The van der Waals surface area contributed by atoms with Crippen LogP contribution in [0.15, 0.2) is 0 Å². The van der Waals surface area contributed by atoms with Crippen molar-refractivity contribution in [3.8, 4) is 0 Å². The molecule has 0 heteroatoms. The third kappa shape index (κ3) is 1.21. The average Bonchev–Trinajstić information content (AvgIpc) is 2.42. The number of rotatable bonds is 0. The van der Waals surface area contributed by atoms with Crippen molar-refractivity contribution in [2.45, 2.75) is 46.5 Å². The normalized spacial score (nSPS) is 43.4. The van der Waals surface area contributed by atoms with Gasteiger partial charge in [-0.3, -0.25) is 0 Å². The zero-order valence-electron chi connectivity index (χ0n) is 8.06. The maximum absolute atomic E-state index is 2.42. The molecule has 2 aliphatic carbocycles. The van der Waals surface area contributed by atoms with Crippen LogP contribution in [0.3, 0.4) is 0 Å². The molecule has 0 aromatic rings. The van der Waals surface area contributed by atoms with Crippen molar-refractivity contribution in [1.82, 2.24) is 0 Å². The number of hydrogen-bond acceptors (Lipinski definition) is 0. The smallest absolute Gasteiger partial charge is 0.0334 e. The lowest BCUT2D eigenvalue weighted by Crippen LogP contribution is -2.25. The molecule has 2 saturated carbocycles. The minimum absolute atomic E-state index is 0.583. The van der Waals surface area contributed by atoms with Gasteiger partial charge in [-0.1, -0.05) is 27.2 Å². The van der Waals surface area contributed by atoms with E-state index in [0.717, 1.165) is 17.8 Å². The van der Waals surface area contributed by atoms with Crippen LogP contribution in [0.5, 0.6) is 0 Å². The molecule has 0 nitrogen and oxygen atoms in total. The summed E-state index contributed by atoms with van der Waals surface area (Å²) < 4.78 is 0. The highest BCUT2D eigenvalue weighted by molar-refractivity contribution is 4.94. The van der Waals surface area contributed by atoms with Gasteiger partial charge in [-0.25, -0.2) is 0 Å². The SMILES string of the molecule is CC(C)(C)[C@H]1C[C@H]2CC[C@@H]1C2. The number of fused-ring (bicyclic) bond motifs is 2. The first kappa shape index (κ1) is 7.64. The van der Waals surface area contributed by atoms with Crippen LogP contribution in [0, 0.1) is 23.2 Å². The molecule has 0 aromatic carbocycles. The van der Waals surface area contributed by atoms with Crippen LogP contribution in [0.25, 0.3) is 0 Å². The van der Waals surface area contributed by atoms with Gasteiger partial charge in [0.25, 0.3) is 0 Å². The van der Waals surface area contributed by atoms with Gasteiger partial charge in [-0.2, -0.15) is 0 Å². The van der Waals surface area contributed by atoms with E-state index in [0.29, 0.717) is 5.41 Å². The molecule has 64 valence electrons. The van der Waals surface area contributed by atoms with Crippen LogP contribution >= 0.6 is 0 Å². The summed E-state index contributed by atoms with van der Waals surface area (Å²) in [5, 5.41) is 0. The van der Waals surface area contributed by atoms with Gasteiger partial charge in [0.05, 0.1) is 0 Å². The standard InChI is InChI=1S/C11H20/c1-11(2,3)10-7-8-4-5-9(10)6-8/h8-10H,4-7H2,1-3H3/t8-,9+,10-/m0/s1. The summed E-state index contributed by atoms with van der Waals surface area (Å²) in [4.78, 5) is 0. The van der Waals surface area contributed by atoms with Crippen molar-refractivity contribution >= 4 is 0 Å². The third-order valence-corrected chi connectivity index (χ3v) is 3.85. The van der Waals surface area contributed by atoms with E-state index < -0.39 is 0 Å². The van der Waals surface area contributed by atoms with Gasteiger partial charge in [-0.05, 0) is 42.4 Å². The molecule has 0 aliphatic heterocycles. The van der Waals surface area contributed by atoms with Crippen molar-refractivity contribution in [3.05, 3.63) is 0 Å². The van der Waals surface area contributed by atoms with Gasteiger partial charge in [0.2, 0.25) is 0 Å². The van der Waals surface area contributed by atoms with E-state index >= 15 is 0 Å². The average molecular weight is 152 g/mol. The minimum Gasteiger partial charge on any atom is -0.0599 e. The van der Waals surface area contributed by atoms with E-state index in [1.807, 2.05) is 0 Å². The molecule has 0 amide bonds. The van der Waals surface area contributed by atoms with Gasteiger partial charge in [0.15, 0.2) is 0 Å². The highest BCUT2D eigenvalue weighted by atomic mass is 14.5. The van der Waals surface area contributed by atoms with Crippen molar-refractivity contribution in [2.75, 3.05) is 0 Å². The van der Waals surface area contributed by atoms with E-state index in [-0.39, 0.29) is 0 Å². The Labute approximate surface area is 70.4 Å². The van der Waals surface area contributed by atoms with E-state index in [1.165, 1.54) is 19.3 Å². The van der Waals surface area contributed by atoms with Crippen molar-refractivity contribution in [2.24, 2.45) is 23.2 Å². The second kappa shape index (κ2) is 2.24. The first-order chi connectivity index (χ1) is 5.07. The third-order valence-electron chi connectivity index (χ3n) is 3.85.